The number of hydrogen-bond acceptors (Lipinski definition) is 1. The molecule has 0 heterocycles. The van der Waals surface area contributed by atoms with Gasteiger partial charge in [0.05, 0.1) is 0 Å². The molecule has 0 amide bonds. The van der Waals surface area contributed by atoms with E-state index in [9.17, 15) is 0 Å². The Balaban J connectivity index is 4.27. The first-order valence-corrected chi connectivity index (χ1v) is 5.89. The molecule has 0 aromatic rings. The van der Waals surface area contributed by atoms with Crippen molar-refractivity contribution in [2.75, 3.05) is 13.1 Å². The molecule has 0 fully saturated rings. The van der Waals surface area contributed by atoms with Gasteiger partial charge in [-0.3, -0.25) is 4.90 Å². The van der Waals surface area contributed by atoms with Gasteiger partial charge in [0.15, 0.2) is 0 Å². The first-order valence-electron chi connectivity index (χ1n) is 5.89. The minimum atomic E-state index is 0.731. The minimum absolute atomic E-state index is 0.731. The third-order valence-corrected chi connectivity index (χ3v) is 2.53. The zero-order valence-corrected chi connectivity index (χ0v) is 10.6. The van der Waals surface area contributed by atoms with Gasteiger partial charge in [-0.1, -0.05) is 39.8 Å². The topological polar surface area (TPSA) is 3.24 Å². The molecule has 0 bridgehead atoms. The Morgan fingerprint density at radius 1 is 1.21 bits per heavy atom. The van der Waals surface area contributed by atoms with Crippen molar-refractivity contribution in [1.29, 1.82) is 0 Å². The quantitative estimate of drug-likeness (QED) is 0.562. The molecule has 1 heteroatoms. The lowest BCUT2D eigenvalue weighted by molar-refractivity contribution is 0.180. The molecular weight excluding hydrogens is 170 g/mol. The Labute approximate surface area is 90.2 Å². The standard InChI is InChI=1S/C13H27N/c1-7-13(8-2)14(9-11(3)4)10-12(5)6/h12-13H,3,7-10H2,1-2,4-6H3. The van der Waals surface area contributed by atoms with E-state index in [-0.39, 0.29) is 0 Å². The third kappa shape index (κ3) is 5.43. The molecule has 0 aliphatic carbocycles. The lowest BCUT2D eigenvalue weighted by Gasteiger charge is -2.32. The van der Waals surface area contributed by atoms with Crippen LogP contribution in [0.5, 0.6) is 0 Å². The van der Waals surface area contributed by atoms with Crippen LogP contribution in [0.15, 0.2) is 12.2 Å². The van der Waals surface area contributed by atoms with Crippen molar-refractivity contribution in [3.63, 3.8) is 0 Å². The van der Waals surface area contributed by atoms with Crippen molar-refractivity contribution >= 4 is 0 Å². The molecule has 0 radical (unpaired) electrons. The van der Waals surface area contributed by atoms with E-state index in [1.807, 2.05) is 0 Å². The highest BCUT2D eigenvalue weighted by Crippen LogP contribution is 2.12. The van der Waals surface area contributed by atoms with E-state index >= 15 is 0 Å². The summed E-state index contributed by atoms with van der Waals surface area (Å²) in [6, 6.07) is 0.731. The lowest BCUT2D eigenvalue weighted by Crippen LogP contribution is -2.38. The van der Waals surface area contributed by atoms with Gasteiger partial charge in [0.25, 0.3) is 0 Å². The summed E-state index contributed by atoms with van der Waals surface area (Å²) in [4.78, 5) is 2.58. The molecule has 0 aromatic carbocycles. The third-order valence-electron chi connectivity index (χ3n) is 2.53. The van der Waals surface area contributed by atoms with E-state index in [4.69, 9.17) is 0 Å². The fourth-order valence-corrected chi connectivity index (χ4v) is 1.96. The lowest BCUT2D eigenvalue weighted by atomic mass is 10.1. The van der Waals surface area contributed by atoms with Crippen molar-refractivity contribution in [2.45, 2.75) is 53.5 Å². The van der Waals surface area contributed by atoms with Gasteiger partial charge >= 0.3 is 0 Å². The van der Waals surface area contributed by atoms with Gasteiger partial charge in [0.1, 0.15) is 0 Å². The Hall–Kier alpha value is -0.300. The van der Waals surface area contributed by atoms with Gasteiger partial charge in [-0.05, 0) is 25.7 Å². The summed E-state index contributed by atoms with van der Waals surface area (Å²) in [5.41, 5.74) is 1.28. The van der Waals surface area contributed by atoms with Crippen LogP contribution in [0.2, 0.25) is 0 Å². The fraction of sp³-hybridized carbons (Fsp3) is 0.846. The van der Waals surface area contributed by atoms with Crippen LogP contribution in [0.4, 0.5) is 0 Å². The van der Waals surface area contributed by atoms with E-state index in [2.05, 4.69) is 46.1 Å². The van der Waals surface area contributed by atoms with Crippen LogP contribution >= 0.6 is 0 Å². The van der Waals surface area contributed by atoms with Crippen LogP contribution in [0, 0.1) is 5.92 Å². The molecule has 0 aromatic heterocycles. The second kappa shape index (κ2) is 7.05. The average molecular weight is 197 g/mol. The molecule has 0 rings (SSSR count). The zero-order valence-electron chi connectivity index (χ0n) is 10.6. The smallest absolute Gasteiger partial charge is 0.0190 e. The highest BCUT2D eigenvalue weighted by atomic mass is 15.2. The molecule has 0 aliphatic heterocycles. The van der Waals surface area contributed by atoms with E-state index in [1.54, 1.807) is 0 Å². The predicted molar refractivity (Wildman–Crippen MR) is 65.6 cm³/mol. The van der Waals surface area contributed by atoms with E-state index in [0.29, 0.717) is 0 Å². The predicted octanol–water partition coefficient (Wildman–Crippen LogP) is 3.71. The van der Waals surface area contributed by atoms with Gasteiger partial charge < -0.3 is 0 Å². The van der Waals surface area contributed by atoms with Crippen LogP contribution in [-0.2, 0) is 0 Å². The van der Waals surface area contributed by atoms with Gasteiger partial charge in [-0.15, -0.1) is 0 Å². The fourth-order valence-electron chi connectivity index (χ4n) is 1.96. The normalized spacial score (nSPS) is 11.7. The molecule has 1 nitrogen and oxygen atoms in total. The maximum atomic E-state index is 4.01. The summed E-state index contributed by atoms with van der Waals surface area (Å²) < 4.78 is 0. The monoisotopic (exact) mass is 197 g/mol. The van der Waals surface area contributed by atoms with Gasteiger partial charge in [0, 0.05) is 19.1 Å². The molecule has 0 saturated carbocycles. The van der Waals surface area contributed by atoms with Crippen LogP contribution < -0.4 is 0 Å². The SMILES string of the molecule is C=C(C)CN(CC(C)C)C(CC)CC. The summed E-state index contributed by atoms with van der Waals surface area (Å²) >= 11 is 0. The molecular formula is C13H27N. The zero-order chi connectivity index (χ0) is 11.1. The molecule has 0 atom stereocenters. The Bertz CT molecular complexity index is 157. The van der Waals surface area contributed by atoms with E-state index in [0.717, 1.165) is 18.5 Å². The molecule has 14 heavy (non-hydrogen) atoms. The summed E-state index contributed by atoms with van der Waals surface area (Å²) in [7, 11) is 0. The Kier molecular flexibility index (Phi) is 6.90. The van der Waals surface area contributed by atoms with Crippen molar-refractivity contribution < 1.29 is 0 Å². The summed E-state index contributed by atoms with van der Waals surface area (Å²) in [6.45, 7) is 17.5. The van der Waals surface area contributed by atoms with Crippen LogP contribution in [0.1, 0.15) is 47.5 Å². The van der Waals surface area contributed by atoms with Crippen LogP contribution in [0.3, 0.4) is 0 Å². The number of hydrogen-bond donors (Lipinski definition) is 0. The van der Waals surface area contributed by atoms with Gasteiger partial charge in [-0.25, -0.2) is 0 Å². The van der Waals surface area contributed by atoms with Crippen molar-refractivity contribution in [1.82, 2.24) is 4.90 Å². The van der Waals surface area contributed by atoms with Crippen molar-refractivity contribution in [3.8, 4) is 0 Å². The number of nitrogens with zero attached hydrogens (tertiary/aromatic N) is 1. The Morgan fingerprint density at radius 2 is 1.71 bits per heavy atom. The Morgan fingerprint density at radius 3 is 2.00 bits per heavy atom. The minimum Gasteiger partial charge on any atom is -0.296 e. The van der Waals surface area contributed by atoms with E-state index < -0.39 is 0 Å². The maximum absolute atomic E-state index is 4.01. The van der Waals surface area contributed by atoms with Crippen LogP contribution in [0.25, 0.3) is 0 Å². The molecule has 0 saturated heterocycles. The van der Waals surface area contributed by atoms with Crippen molar-refractivity contribution in [3.05, 3.63) is 12.2 Å². The van der Waals surface area contributed by atoms with Gasteiger partial charge in [-0.2, -0.15) is 0 Å². The molecule has 0 unspecified atom stereocenters. The first-order chi connectivity index (χ1) is 6.51. The van der Waals surface area contributed by atoms with Gasteiger partial charge in [0.2, 0.25) is 0 Å². The second-order valence-electron chi connectivity index (χ2n) is 4.75. The number of rotatable bonds is 7. The average Bonchev–Trinajstić information content (AvgIpc) is 2.03. The summed E-state index contributed by atoms with van der Waals surface area (Å²) in [6.07, 6.45) is 2.49. The molecule has 0 N–H and O–H groups in total. The van der Waals surface area contributed by atoms with E-state index in [1.165, 1.54) is 25.0 Å². The second-order valence-corrected chi connectivity index (χ2v) is 4.75. The summed E-state index contributed by atoms with van der Waals surface area (Å²) in [5, 5.41) is 0. The van der Waals surface area contributed by atoms with Crippen LogP contribution in [-0.4, -0.2) is 24.0 Å². The first kappa shape index (κ1) is 13.7. The largest absolute Gasteiger partial charge is 0.296 e. The highest BCUT2D eigenvalue weighted by molar-refractivity contribution is 4.93. The molecule has 84 valence electrons. The maximum Gasteiger partial charge on any atom is 0.0190 e. The molecule has 0 aliphatic rings. The summed E-state index contributed by atoms with van der Waals surface area (Å²) in [5.74, 6) is 0.745. The molecule has 0 spiro atoms. The highest BCUT2D eigenvalue weighted by Gasteiger charge is 2.15. The van der Waals surface area contributed by atoms with Crippen molar-refractivity contribution in [2.24, 2.45) is 5.92 Å².